The maximum absolute atomic E-state index is 9.55. The highest BCUT2D eigenvalue weighted by Crippen LogP contribution is 2.38. The molecule has 0 amide bonds. The van der Waals surface area contributed by atoms with Crippen molar-refractivity contribution in [3.63, 3.8) is 0 Å². The van der Waals surface area contributed by atoms with Crippen molar-refractivity contribution in [3.8, 4) is 6.07 Å². The number of nitrogens with zero attached hydrogens (tertiary/aromatic N) is 2. The van der Waals surface area contributed by atoms with E-state index in [1.165, 1.54) is 6.20 Å². The SMILES string of the molecule is CC1(C)OB(C(=Cc2cn[nH]c2C#N)CO)OC1(C)C. The molecule has 0 spiro atoms. The van der Waals surface area contributed by atoms with Gasteiger partial charge in [-0.3, -0.25) is 5.10 Å². The zero-order valence-electron chi connectivity index (χ0n) is 12.1. The molecule has 1 saturated heterocycles. The van der Waals surface area contributed by atoms with E-state index in [2.05, 4.69) is 10.2 Å². The number of hydrogen-bond donors (Lipinski definition) is 2. The molecule has 0 aliphatic carbocycles. The average Bonchev–Trinajstić information content (AvgIpc) is 2.88. The third-order valence-electron chi connectivity index (χ3n) is 3.86. The molecule has 0 aromatic carbocycles. The van der Waals surface area contributed by atoms with E-state index in [1.54, 1.807) is 6.08 Å². The van der Waals surface area contributed by atoms with Crippen molar-refractivity contribution in [3.05, 3.63) is 22.9 Å². The van der Waals surface area contributed by atoms with Crippen LogP contribution in [0.2, 0.25) is 0 Å². The van der Waals surface area contributed by atoms with Crippen molar-refractivity contribution in [2.24, 2.45) is 0 Å². The van der Waals surface area contributed by atoms with Crippen LogP contribution in [0.3, 0.4) is 0 Å². The predicted octanol–water partition coefficient (Wildman–Crippen LogP) is 1.29. The van der Waals surface area contributed by atoms with Crippen LogP contribution in [0.15, 0.2) is 11.7 Å². The fraction of sp³-hybridized carbons (Fsp3) is 0.538. The summed E-state index contributed by atoms with van der Waals surface area (Å²) in [5, 5.41) is 24.9. The number of rotatable bonds is 3. The second kappa shape index (κ2) is 5.06. The van der Waals surface area contributed by atoms with E-state index in [9.17, 15) is 5.11 Å². The van der Waals surface area contributed by atoms with Crippen LogP contribution in [0, 0.1) is 11.3 Å². The van der Waals surface area contributed by atoms with Gasteiger partial charge in [0.15, 0.2) is 0 Å². The summed E-state index contributed by atoms with van der Waals surface area (Å²) < 4.78 is 11.8. The predicted molar refractivity (Wildman–Crippen MR) is 74.4 cm³/mol. The third kappa shape index (κ3) is 2.50. The van der Waals surface area contributed by atoms with Gasteiger partial charge in [0.25, 0.3) is 0 Å². The van der Waals surface area contributed by atoms with Crippen LogP contribution in [0.4, 0.5) is 0 Å². The molecule has 20 heavy (non-hydrogen) atoms. The van der Waals surface area contributed by atoms with Gasteiger partial charge in [-0.05, 0) is 33.2 Å². The van der Waals surface area contributed by atoms with Crippen molar-refractivity contribution in [1.82, 2.24) is 10.2 Å². The highest BCUT2D eigenvalue weighted by atomic mass is 16.7. The van der Waals surface area contributed by atoms with Gasteiger partial charge in [0.2, 0.25) is 0 Å². The van der Waals surface area contributed by atoms with E-state index in [4.69, 9.17) is 14.6 Å². The summed E-state index contributed by atoms with van der Waals surface area (Å²) in [5.41, 5.74) is 0.557. The lowest BCUT2D eigenvalue weighted by atomic mass is 9.77. The maximum atomic E-state index is 9.55. The van der Waals surface area contributed by atoms with Gasteiger partial charge in [0.1, 0.15) is 11.8 Å². The highest BCUT2D eigenvalue weighted by Gasteiger charge is 2.52. The van der Waals surface area contributed by atoms with E-state index in [0.29, 0.717) is 16.7 Å². The number of aromatic amines is 1. The molecular weight excluding hydrogens is 257 g/mol. The van der Waals surface area contributed by atoms with Crippen LogP contribution in [0.1, 0.15) is 39.0 Å². The molecule has 0 atom stereocenters. The minimum atomic E-state index is -0.633. The Balaban J connectivity index is 2.29. The summed E-state index contributed by atoms with van der Waals surface area (Å²) in [7, 11) is -0.633. The molecule has 0 saturated carbocycles. The van der Waals surface area contributed by atoms with E-state index in [0.717, 1.165) is 0 Å². The number of hydrogen-bond acceptors (Lipinski definition) is 5. The Bertz CT molecular complexity index is 556. The van der Waals surface area contributed by atoms with E-state index in [1.807, 2.05) is 33.8 Å². The van der Waals surface area contributed by atoms with E-state index < -0.39 is 18.3 Å². The number of H-pyrrole nitrogens is 1. The Morgan fingerprint density at radius 3 is 2.55 bits per heavy atom. The summed E-state index contributed by atoms with van der Waals surface area (Å²) in [6.45, 7) is 7.56. The van der Waals surface area contributed by atoms with Gasteiger partial charge in [-0.1, -0.05) is 6.08 Å². The molecule has 1 aromatic rings. The first kappa shape index (κ1) is 14.8. The lowest BCUT2D eigenvalue weighted by Gasteiger charge is -2.32. The standard InChI is InChI=1S/C13H18BN3O3/c1-12(2)13(3,4)20-14(19-12)10(8-18)5-9-7-16-17-11(9)6-15/h5,7,18H,8H2,1-4H3,(H,16,17). The first-order valence-corrected chi connectivity index (χ1v) is 6.41. The molecule has 1 aromatic heterocycles. The number of aromatic nitrogens is 2. The van der Waals surface area contributed by atoms with Gasteiger partial charge >= 0.3 is 7.12 Å². The van der Waals surface area contributed by atoms with Crippen LogP contribution in [-0.4, -0.2) is 40.2 Å². The minimum absolute atomic E-state index is 0.215. The van der Waals surface area contributed by atoms with Crippen LogP contribution < -0.4 is 0 Å². The zero-order chi connectivity index (χ0) is 15.0. The summed E-state index contributed by atoms with van der Waals surface area (Å²) >= 11 is 0. The molecule has 2 N–H and O–H groups in total. The number of aliphatic hydroxyl groups excluding tert-OH is 1. The number of nitriles is 1. The van der Waals surface area contributed by atoms with Crippen molar-refractivity contribution < 1.29 is 14.4 Å². The number of nitrogens with one attached hydrogen (secondary N) is 1. The van der Waals surface area contributed by atoms with Crippen LogP contribution in [0.5, 0.6) is 0 Å². The van der Waals surface area contributed by atoms with Gasteiger partial charge in [0, 0.05) is 5.56 Å². The smallest absolute Gasteiger partial charge is 0.400 e. The second-order valence-corrected chi connectivity index (χ2v) is 5.78. The van der Waals surface area contributed by atoms with Crippen molar-refractivity contribution in [2.45, 2.75) is 38.9 Å². The van der Waals surface area contributed by atoms with Crippen LogP contribution >= 0.6 is 0 Å². The fourth-order valence-corrected chi connectivity index (χ4v) is 1.88. The zero-order valence-corrected chi connectivity index (χ0v) is 12.1. The topological polar surface area (TPSA) is 91.2 Å². The molecule has 1 aliphatic rings. The van der Waals surface area contributed by atoms with Gasteiger partial charge in [-0.15, -0.1) is 0 Å². The van der Waals surface area contributed by atoms with Gasteiger partial charge < -0.3 is 14.4 Å². The van der Waals surface area contributed by atoms with Crippen molar-refractivity contribution in [2.75, 3.05) is 6.61 Å². The largest absolute Gasteiger partial charge is 0.492 e. The number of aliphatic hydroxyl groups is 1. The van der Waals surface area contributed by atoms with E-state index in [-0.39, 0.29) is 6.61 Å². The molecule has 1 aliphatic heterocycles. The monoisotopic (exact) mass is 275 g/mol. The molecule has 6 nitrogen and oxygen atoms in total. The molecule has 7 heteroatoms. The lowest BCUT2D eigenvalue weighted by Crippen LogP contribution is -2.41. The summed E-state index contributed by atoms with van der Waals surface area (Å²) in [6, 6.07) is 2.00. The van der Waals surface area contributed by atoms with Crippen LogP contribution in [-0.2, 0) is 9.31 Å². The molecule has 0 bridgehead atoms. The Kier molecular flexibility index (Phi) is 3.74. The fourth-order valence-electron chi connectivity index (χ4n) is 1.88. The minimum Gasteiger partial charge on any atom is -0.400 e. The van der Waals surface area contributed by atoms with Gasteiger partial charge in [-0.25, -0.2) is 0 Å². The Labute approximate surface area is 118 Å². The molecule has 0 radical (unpaired) electrons. The van der Waals surface area contributed by atoms with Crippen molar-refractivity contribution in [1.29, 1.82) is 5.26 Å². The lowest BCUT2D eigenvalue weighted by molar-refractivity contribution is 0.00578. The molecule has 1 fully saturated rings. The van der Waals surface area contributed by atoms with Gasteiger partial charge in [-0.2, -0.15) is 10.4 Å². The Hall–Kier alpha value is -1.62. The molecule has 106 valence electrons. The molecule has 0 unspecified atom stereocenters. The summed E-state index contributed by atoms with van der Waals surface area (Å²) in [5.74, 6) is 0. The Morgan fingerprint density at radius 1 is 1.45 bits per heavy atom. The Morgan fingerprint density at radius 2 is 2.05 bits per heavy atom. The van der Waals surface area contributed by atoms with Crippen molar-refractivity contribution >= 4 is 13.2 Å². The average molecular weight is 275 g/mol. The first-order valence-electron chi connectivity index (χ1n) is 6.41. The molecule has 2 rings (SSSR count). The first-order chi connectivity index (χ1) is 9.30. The van der Waals surface area contributed by atoms with E-state index >= 15 is 0 Å². The third-order valence-corrected chi connectivity index (χ3v) is 3.86. The summed E-state index contributed by atoms with van der Waals surface area (Å²) in [6.07, 6.45) is 3.20. The highest BCUT2D eigenvalue weighted by molar-refractivity contribution is 6.55. The quantitative estimate of drug-likeness (QED) is 0.811. The maximum Gasteiger partial charge on any atom is 0.492 e. The van der Waals surface area contributed by atoms with Crippen LogP contribution in [0.25, 0.3) is 6.08 Å². The van der Waals surface area contributed by atoms with Gasteiger partial charge in [0.05, 0.1) is 24.0 Å². The normalized spacial score (nSPS) is 21.0. The molecule has 2 heterocycles. The summed E-state index contributed by atoms with van der Waals surface area (Å²) in [4.78, 5) is 0. The second-order valence-electron chi connectivity index (χ2n) is 5.78. The molecular formula is C13H18BN3O3.